The lowest BCUT2D eigenvalue weighted by atomic mass is 9.79. The smallest absolute Gasteiger partial charge is 0.244 e. The van der Waals surface area contributed by atoms with Crippen LogP contribution in [0.15, 0.2) is 155 Å². The number of pyridine rings is 2. The molecule has 0 saturated heterocycles. The van der Waals surface area contributed by atoms with Gasteiger partial charge in [0.05, 0.1) is 12.4 Å². The summed E-state index contributed by atoms with van der Waals surface area (Å²) >= 11 is 0. The second kappa shape index (κ2) is 10.9. The summed E-state index contributed by atoms with van der Waals surface area (Å²) in [5.41, 5.74) is 10.0. The number of oxazole rings is 2. The van der Waals surface area contributed by atoms with Gasteiger partial charge in [-0.25, -0.2) is 9.97 Å². The zero-order valence-corrected chi connectivity index (χ0v) is 23.5. The molecule has 44 heavy (non-hydrogen) atoms. The highest BCUT2D eigenvalue weighted by atomic mass is 16.3. The van der Waals surface area contributed by atoms with E-state index in [2.05, 4.69) is 94.9 Å². The summed E-state index contributed by atoms with van der Waals surface area (Å²) in [7, 11) is 0. The third kappa shape index (κ3) is 4.46. The Balaban J connectivity index is 1.47. The maximum absolute atomic E-state index is 5.51. The summed E-state index contributed by atoms with van der Waals surface area (Å²) in [6.45, 7) is 0. The van der Waals surface area contributed by atoms with E-state index in [0.29, 0.717) is 23.2 Å². The molecular weight excluding hydrogens is 544 g/mol. The van der Waals surface area contributed by atoms with Crippen LogP contribution in [0.4, 0.5) is 0 Å². The van der Waals surface area contributed by atoms with E-state index in [1.165, 1.54) is 0 Å². The van der Waals surface area contributed by atoms with Gasteiger partial charge in [-0.1, -0.05) is 97.1 Å². The molecule has 6 nitrogen and oxygen atoms in total. The normalized spacial score (nSPS) is 11.2. The van der Waals surface area contributed by atoms with Crippen molar-refractivity contribution in [1.29, 1.82) is 0 Å². The first-order chi connectivity index (χ1) is 21.8. The Hall–Kier alpha value is -6.14. The molecule has 0 radical (unpaired) electrons. The molecule has 0 aliphatic rings. The highest BCUT2D eigenvalue weighted by Crippen LogP contribution is 2.50. The Kier molecular flexibility index (Phi) is 6.35. The number of aromatic nitrogens is 4. The Labute approximate surface area is 253 Å². The van der Waals surface area contributed by atoms with E-state index in [1.54, 1.807) is 24.9 Å². The van der Waals surface area contributed by atoms with Gasteiger partial charge in [-0.2, -0.15) is 0 Å². The van der Waals surface area contributed by atoms with E-state index in [1.807, 2.05) is 36.7 Å². The summed E-state index contributed by atoms with van der Waals surface area (Å²) in [6.07, 6.45) is 10.2. The predicted octanol–water partition coefficient (Wildman–Crippen LogP) is 9.61. The molecule has 0 fully saturated rings. The van der Waals surface area contributed by atoms with E-state index in [-0.39, 0.29) is 0 Å². The van der Waals surface area contributed by atoms with Crippen molar-refractivity contribution < 1.29 is 8.83 Å². The molecule has 208 valence electrons. The second-order valence-corrected chi connectivity index (χ2v) is 10.3. The van der Waals surface area contributed by atoms with Crippen molar-refractivity contribution in [1.82, 2.24) is 19.9 Å². The van der Waals surface area contributed by atoms with Gasteiger partial charge in [0.2, 0.25) is 11.8 Å². The van der Waals surface area contributed by atoms with Crippen molar-refractivity contribution in [3.63, 3.8) is 0 Å². The average Bonchev–Trinajstić information content (AvgIpc) is 3.84. The zero-order chi connectivity index (χ0) is 29.3. The lowest BCUT2D eigenvalue weighted by molar-refractivity contribution is 0.572. The van der Waals surface area contributed by atoms with E-state index in [9.17, 15) is 0 Å². The molecule has 6 heteroatoms. The lowest BCUT2D eigenvalue weighted by Crippen LogP contribution is -1.98. The minimum atomic E-state index is 0.491. The van der Waals surface area contributed by atoms with Crippen LogP contribution >= 0.6 is 0 Å². The van der Waals surface area contributed by atoms with Gasteiger partial charge in [-0.05, 0) is 56.3 Å². The molecule has 0 aliphatic heterocycles. The third-order valence-electron chi connectivity index (χ3n) is 7.75. The largest absolute Gasteiger partial charge is 0.443 e. The molecule has 8 rings (SSSR count). The van der Waals surface area contributed by atoms with E-state index < -0.39 is 0 Å². The van der Waals surface area contributed by atoms with Crippen LogP contribution in [0.1, 0.15) is 0 Å². The van der Waals surface area contributed by atoms with Crippen LogP contribution in [0.3, 0.4) is 0 Å². The van der Waals surface area contributed by atoms with Gasteiger partial charge < -0.3 is 8.83 Å². The molecule has 0 unspecified atom stereocenters. The Morgan fingerprint density at radius 2 is 0.795 bits per heavy atom. The fourth-order valence-electron chi connectivity index (χ4n) is 5.86. The van der Waals surface area contributed by atoms with Crippen LogP contribution in [-0.2, 0) is 0 Å². The summed E-state index contributed by atoms with van der Waals surface area (Å²) in [5, 5.41) is 2.23. The van der Waals surface area contributed by atoms with Crippen LogP contribution in [0.5, 0.6) is 0 Å². The van der Waals surface area contributed by atoms with Crippen molar-refractivity contribution in [2.45, 2.75) is 0 Å². The molecule has 4 aromatic heterocycles. The van der Waals surface area contributed by atoms with Gasteiger partial charge >= 0.3 is 0 Å². The molecule has 0 N–H and O–H groups in total. The molecule has 8 aromatic rings. The van der Waals surface area contributed by atoms with Gasteiger partial charge in [0.25, 0.3) is 0 Å². The first-order valence-electron chi connectivity index (χ1n) is 14.3. The highest BCUT2D eigenvalue weighted by molar-refractivity contribution is 6.18. The van der Waals surface area contributed by atoms with Crippen LogP contribution in [0.2, 0.25) is 0 Å². The summed E-state index contributed by atoms with van der Waals surface area (Å²) in [6, 6.07) is 37.8. The van der Waals surface area contributed by atoms with Crippen LogP contribution < -0.4 is 0 Å². The Bertz CT molecular complexity index is 2020. The van der Waals surface area contributed by atoms with E-state index in [0.717, 1.165) is 55.3 Å². The molecule has 0 spiro atoms. The van der Waals surface area contributed by atoms with Crippen LogP contribution in [0.25, 0.3) is 78.4 Å². The Morgan fingerprint density at radius 1 is 0.364 bits per heavy atom. The molecule has 4 aromatic carbocycles. The second-order valence-electron chi connectivity index (χ2n) is 10.3. The summed E-state index contributed by atoms with van der Waals surface area (Å²) in [5.74, 6) is 0.983. The average molecular weight is 569 g/mol. The molecule has 0 saturated carbocycles. The molecule has 0 aliphatic carbocycles. The van der Waals surface area contributed by atoms with Crippen molar-refractivity contribution in [2.75, 3.05) is 0 Å². The molecular formula is C38H24N4O2. The van der Waals surface area contributed by atoms with Gasteiger partial charge in [0, 0.05) is 23.5 Å². The van der Waals surface area contributed by atoms with Crippen molar-refractivity contribution in [2.24, 2.45) is 0 Å². The lowest BCUT2D eigenvalue weighted by Gasteiger charge is -2.24. The van der Waals surface area contributed by atoms with Crippen LogP contribution in [-0.4, -0.2) is 19.9 Å². The highest BCUT2D eigenvalue weighted by Gasteiger charge is 2.24. The molecule has 0 bridgehead atoms. The summed E-state index contributed by atoms with van der Waals surface area (Å²) in [4.78, 5) is 18.1. The van der Waals surface area contributed by atoms with Crippen LogP contribution in [0, 0.1) is 0 Å². The predicted molar refractivity (Wildman–Crippen MR) is 172 cm³/mol. The zero-order valence-electron chi connectivity index (χ0n) is 23.5. The molecule has 0 amide bonds. The van der Waals surface area contributed by atoms with Crippen molar-refractivity contribution in [3.05, 3.63) is 147 Å². The number of benzene rings is 4. The quantitative estimate of drug-likeness (QED) is 0.199. The maximum atomic E-state index is 5.51. The fraction of sp³-hybridized carbons (Fsp3) is 0. The SMILES string of the molecule is c1ccc(-c2c(-c3ccccc3)c(-c3ccc(-c4ncco4)nc3)c3ccccc3c2-c2ccc(-c3ncco3)nc2)cc1. The minimum absolute atomic E-state index is 0.491. The topological polar surface area (TPSA) is 77.8 Å². The number of hydrogen-bond donors (Lipinski definition) is 0. The number of hydrogen-bond acceptors (Lipinski definition) is 6. The minimum Gasteiger partial charge on any atom is -0.443 e. The number of fused-ring (bicyclic) bond motifs is 1. The molecule has 0 atom stereocenters. The number of rotatable bonds is 6. The van der Waals surface area contributed by atoms with Gasteiger partial charge in [-0.15, -0.1) is 0 Å². The first kappa shape index (κ1) is 25.6. The van der Waals surface area contributed by atoms with Gasteiger partial charge in [-0.3, -0.25) is 9.97 Å². The van der Waals surface area contributed by atoms with E-state index >= 15 is 0 Å². The summed E-state index contributed by atoms with van der Waals surface area (Å²) < 4.78 is 11.0. The standard InChI is InChI=1S/C38H24N4O2/c1-3-9-25(10-4-1)35-33(27-15-17-31(41-23-27)37-39-19-21-43-37)29-13-7-8-14-30(29)34(36(35)26-11-5-2-6-12-26)28-16-18-32(42-24-28)38-40-20-22-44-38/h1-24H. The van der Waals surface area contributed by atoms with E-state index in [4.69, 9.17) is 18.8 Å². The monoisotopic (exact) mass is 568 g/mol. The first-order valence-corrected chi connectivity index (χ1v) is 14.3. The third-order valence-corrected chi connectivity index (χ3v) is 7.75. The number of nitrogens with zero attached hydrogens (tertiary/aromatic N) is 4. The van der Waals surface area contributed by atoms with Gasteiger partial charge in [0.1, 0.15) is 23.9 Å². The van der Waals surface area contributed by atoms with Gasteiger partial charge in [0.15, 0.2) is 0 Å². The Morgan fingerprint density at radius 3 is 1.16 bits per heavy atom. The fourth-order valence-corrected chi connectivity index (χ4v) is 5.86. The molecule has 4 heterocycles. The van der Waals surface area contributed by atoms with Crippen molar-refractivity contribution >= 4 is 10.8 Å². The maximum Gasteiger partial charge on any atom is 0.244 e. The van der Waals surface area contributed by atoms with Crippen molar-refractivity contribution in [3.8, 4) is 67.7 Å².